The second-order valence-electron chi connectivity index (χ2n) is 6.28. The zero-order valence-electron chi connectivity index (χ0n) is 13.6. The summed E-state index contributed by atoms with van der Waals surface area (Å²) in [7, 11) is 0. The van der Waals surface area contributed by atoms with Crippen LogP contribution in [0.15, 0.2) is 60.9 Å². The molecule has 2 aromatic carbocycles. The number of nitrogens with one attached hydrogen (secondary N) is 2. The van der Waals surface area contributed by atoms with Gasteiger partial charge in [-0.3, -0.25) is 0 Å². The molecule has 6 nitrogen and oxygen atoms in total. The molecule has 1 aliphatic rings. The summed E-state index contributed by atoms with van der Waals surface area (Å²) in [6.07, 6.45) is 3.73. The highest BCUT2D eigenvalue weighted by atomic mass is 16.4. The van der Waals surface area contributed by atoms with Gasteiger partial charge in [0.15, 0.2) is 5.65 Å². The van der Waals surface area contributed by atoms with Crippen molar-refractivity contribution >= 4 is 22.7 Å². The standard InChI is InChI=1S/C20H14N4O2/c25-20(26)12-7-5-11(6-8-12)18-15-9-21-19-17(15)14(10-22-24-19)13-3-1-2-4-16(13)23-18/h1-10,18,23H,(H,21,24)(H,25,26). The number of benzene rings is 2. The highest BCUT2D eigenvalue weighted by Crippen LogP contribution is 2.42. The van der Waals surface area contributed by atoms with Crippen molar-refractivity contribution < 1.29 is 9.90 Å². The van der Waals surface area contributed by atoms with E-state index in [0.29, 0.717) is 0 Å². The van der Waals surface area contributed by atoms with E-state index in [0.717, 1.165) is 39.0 Å². The number of hydrogen-bond donors (Lipinski definition) is 3. The topological polar surface area (TPSA) is 90.9 Å². The summed E-state index contributed by atoms with van der Waals surface area (Å²) in [6.45, 7) is 0. The molecule has 6 heteroatoms. The largest absolute Gasteiger partial charge is 0.478 e. The van der Waals surface area contributed by atoms with Crippen molar-refractivity contribution in [2.75, 3.05) is 5.32 Å². The first-order valence-electron chi connectivity index (χ1n) is 8.24. The van der Waals surface area contributed by atoms with Crippen molar-refractivity contribution in [3.63, 3.8) is 0 Å². The molecular weight excluding hydrogens is 328 g/mol. The van der Waals surface area contributed by atoms with Crippen LogP contribution in [0.1, 0.15) is 27.5 Å². The van der Waals surface area contributed by atoms with Gasteiger partial charge in [0, 0.05) is 34.0 Å². The van der Waals surface area contributed by atoms with Gasteiger partial charge >= 0.3 is 5.97 Å². The molecule has 0 radical (unpaired) electrons. The van der Waals surface area contributed by atoms with Gasteiger partial charge in [0.05, 0.1) is 17.8 Å². The normalized spacial score (nSPS) is 15.2. The molecule has 0 bridgehead atoms. The Kier molecular flexibility index (Phi) is 3.05. The third-order valence-corrected chi connectivity index (χ3v) is 4.82. The van der Waals surface area contributed by atoms with Gasteiger partial charge in [-0.2, -0.15) is 5.10 Å². The fourth-order valence-corrected chi connectivity index (χ4v) is 3.59. The van der Waals surface area contributed by atoms with Crippen LogP contribution in [-0.2, 0) is 0 Å². The maximum absolute atomic E-state index is 11.1. The van der Waals surface area contributed by atoms with Crippen LogP contribution in [0.25, 0.3) is 22.2 Å². The SMILES string of the molecule is O=C(O)c1ccc(C2Nc3ccccc3-c3cnnc4[nH]cc2c34)cc1. The summed E-state index contributed by atoms with van der Waals surface area (Å²) in [5.74, 6) is -0.930. The number of fused-ring (bicyclic) bond motifs is 2. The van der Waals surface area contributed by atoms with Crippen molar-refractivity contribution in [1.29, 1.82) is 0 Å². The van der Waals surface area contributed by atoms with Crippen molar-refractivity contribution in [2.24, 2.45) is 0 Å². The molecule has 0 spiro atoms. The van der Waals surface area contributed by atoms with E-state index in [9.17, 15) is 4.79 Å². The van der Waals surface area contributed by atoms with Crippen molar-refractivity contribution in [2.45, 2.75) is 6.04 Å². The minimum Gasteiger partial charge on any atom is -0.478 e. The van der Waals surface area contributed by atoms with E-state index >= 15 is 0 Å². The fourth-order valence-electron chi connectivity index (χ4n) is 3.59. The fraction of sp³-hybridized carbons (Fsp3) is 0.0500. The smallest absolute Gasteiger partial charge is 0.335 e. The first-order valence-corrected chi connectivity index (χ1v) is 8.24. The molecule has 5 rings (SSSR count). The molecule has 2 aromatic heterocycles. The van der Waals surface area contributed by atoms with Crippen LogP contribution < -0.4 is 5.32 Å². The Balaban J connectivity index is 1.76. The molecule has 0 saturated carbocycles. The lowest BCUT2D eigenvalue weighted by atomic mass is 9.97. The van der Waals surface area contributed by atoms with Crippen LogP contribution >= 0.6 is 0 Å². The molecule has 1 aliphatic heterocycles. The Bertz CT molecular complexity index is 1150. The average Bonchev–Trinajstić information content (AvgIpc) is 3.04. The van der Waals surface area contributed by atoms with E-state index < -0.39 is 5.97 Å². The monoisotopic (exact) mass is 342 g/mol. The summed E-state index contributed by atoms with van der Waals surface area (Å²) in [5.41, 5.74) is 6.15. The summed E-state index contributed by atoms with van der Waals surface area (Å²) in [5, 5.41) is 22.1. The van der Waals surface area contributed by atoms with Gasteiger partial charge < -0.3 is 15.4 Å². The Morgan fingerprint density at radius 2 is 1.85 bits per heavy atom. The first-order chi connectivity index (χ1) is 12.7. The molecule has 26 heavy (non-hydrogen) atoms. The van der Waals surface area contributed by atoms with Crippen LogP contribution in [-0.4, -0.2) is 26.3 Å². The third-order valence-electron chi connectivity index (χ3n) is 4.82. The molecule has 0 saturated heterocycles. The number of nitrogens with zero attached hydrogens (tertiary/aromatic N) is 2. The van der Waals surface area contributed by atoms with Gasteiger partial charge in [-0.05, 0) is 23.8 Å². The van der Waals surface area contributed by atoms with E-state index in [1.54, 1.807) is 18.3 Å². The maximum Gasteiger partial charge on any atom is 0.335 e. The number of aromatic carboxylic acids is 1. The number of carboxylic acid groups (broad SMARTS) is 1. The summed E-state index contributed by atoms with van der Waals surface area (Å²) in [6, 6.07) is 14.9. The maximum atomic E-state index is 11.1. The molecule has 3 N–H and O–H groups in total. The number of hydrogen-bond acceptors (Lipinski definition) is 4. The number of carboxylic acids is 1. The predicted molar refractivity (Wildman–Crippen MR) is 98.2 cm³/mol. The quantitative estimate of drug-likeness (QED) is 0.515. The van der Waals surface area contributed by atoms with Gasteiger partial charge in [-0.25, -0.2) is 4.79 Å². The molecular formula is C20H14N4O2. The number of rotatable bonds is 2. The number of para-hydroxylation sites is 1. The van der Waals surface area contributed by atoms with Gasteiger partial charge in [-0.15, -0.1) is 5.10 Å². The Hall–Kier alpha value is -3.67. The summed E-state index contributed by atoms with van der Waals surface area (Å²) in [4.78, 5) is 14.3. The van der Waals surface area contributed by atoms with E-state index in [2.05, 4.69) is 26.6 Å². The molecule has 3 heterocycles. The molecule has 0 fully saturated rings. The van der Waals surface area contributed by atoms with Gasteiger partial charge in [0.1, 0.15) is 0 Å². The van der Waals surface area contributed by atoms with Crippen LogP contribution in [0.3, 0.4) is 0 Å². The van der Waals surface area contributed by atoms with Gasteiger partial charge in [0.25, 0.3) is 0 Å². The van der Waals surface area contributed by atoms with Crippen LogP contribution in [0.4, 0.5) is 5.69 Å². The van der Waals surface area contributed by atoms with Crippen molar-refractivity contribution in [3.05, 3.63) is 77.6 Å². The summed E-state index contributed by atoms with van der Waals surface area (Å²) < 4.78 is 0. The lowest BCUT2D eigenvalue weighted by molar-refractivity contribution is 0.0697. The number of aromatic nitrogens is 3. The number of H-pyrrole nitrogens is 1. The third kappa shape index (κ3) is 2.09. The van der Waals surface area contributed by atoms with Gasteiger partial charge in [0.2, 0.25) is 0 Å². The highest BCUT2D eigenvalue weighted by molar-refractivity contribution is 6.00. The van der Waals surface area contributed by atoms with Crippen molar-refractivity contribution in [1.82, 2.24) is 15.2 Å². The number of aromatic amines is 1. The lowest BCUT2D eigenvalue weighted by Crippen LogP contribution is -2.11. The second kappa shape index (κ2) is 5.42. The van der Waals surface area contributed by atoms with E-state index in [4.69, 9.17) is 5.11 Å². The molecule has 0 amide bonds. The zero-order chi connectivity index (χ0) is 17.7. The van der Waals surface area contributed by atoms with E-state index in [-0.39, 0.29) is 11.6 Å². The first kappa shape index (κ1) is 14.7. The molecule has 1 atom stereocenters. The molecule has 126 valence electrons. The second-order valence-corrected chi connectivity index (χ2v) is 6.28. The van der Waals surface area contributed by atoms with Crippen LogP contribution in [0.5, 0.6) is 0 Å². The molecule has 4 aromatic rings. The highest BCUT2D eigenvalue weighted by Gasteiger charge is 2.26. The average molecular weight is 342 g/mol. The van der Waals surface area contributed by atoms with Crippen LogP contribution in [0.2, 0.25) is 0 Å². The Labute approximate surface area is 148 Å². The molecule has 0 aliphatic carbocycles. The Morgan fingerprint density at radius 1 is 1.04 bits per heavy atom. The van der Waals surface area contributed by atoms with Crippen molar-refractivity contribution in [3.8, 4) is 11.1 Å². The zero-order valence-corrected chi connectivity index (χ0v) is 13.6. The van der Waals surface area contributed by atoms with E-state index in [1.165, 1.54) is 0 Å². The minimum atomic E-state index is -0.930. The predicted octanol–water partition coefficient (Wildman–Crippen LogP) is 3.84. The summed E-state index contributed by atoms with van der Waals surface area (Å²) >= 11 is 0. The van der Waals surface area contributed by atoms with Crippen LogP contribution in [0, 0.1) is 0 Å². The Morgan fingerprint density at radius 3 is 2.65 bits per heavy atom. The van der Waals surface area contributed by atoms with Gasteiger partial charge in [-0.1, -0.05) is 30.3 Å². The number of anilines is 1. The van der Waals surface area contributed by atoms with E-state index in [1.807, 2.05) is 36.5 Å². The minimum absolute atomic E-state index is 0.127. The number of carbonyl (C=O) groups is 1. The lowest BCUT2D eigenvalue weighted by Gasteiger charge is -2.19. The molecule has 1 unspecified atom stereocenters.